The highest BCUT2D eigenvalue weighted by Crippen LogP contribution is 2.32. The highest BCUT2D eigenvalue weighted by Gasteiger charge is 2.12. The van der Waals surface area contributed by atoms with Crippen molar-refractivity contribution in [3.05, 3.63) is 39.5 Å². The van der Waals surface area contributed by atoms with Gasteiger partial charge in [0.15, 0.2) is 0 Å². The monoisotopic (exact) mass is 269 g/mol. The van der Waals surface area contributed by atoms with Crippen molar-refractivity contribution in [2.45, 2.75) is 26.4 Å². The molecular formula is C13H13Cl2NO. The lowest BCUT2D eigenvalue weighted by atomic mass is 10.0. The Morgan fingerprint density at radius 1 is 1.29 bits per heavy atom. The first-order valence-electron chi connectivity index (χ1n) is 5.43. The van der Waals surface area contributed by atoms with E-state index in [9.17, 15) is 5.11 Å². The minimum Gasteiger partial charge on any atom is -0.392 e. The number of aliphatic hydroxyl groups excluding tert-OH is 1. The molecule has 4 heteroatoms. The number of aliphatic hydroxyl groups is 1. The fourth-order valence-corrected chi connectivity index (χ4v) is 2.11. The Labute approximate surface area is 110 Å². The number of fused-ring (bicyclic) bond motifs is 1. The molecule has 0 radical (unpaired) electrons. The third-order valence-electron chi connectivity index (χ3n) is 2.74. The van der Waals surface area contributed by atoms with E-state index < -0.39 is 0 Å². The van der Waals surface area contributed by atoms with E-state index in [2.05, 4.69) is 4.98 Å². The highest BCUT2D eigenvalue weighted by molar-refractivity contribution is 6.45. The first-order valence-corrected chi connectivity index (χ1v) is 6.18. The van der Waals surface area contributed by atoms with Crippen LogP contribution in [-0.4, -0.2) is 10.1 Å². The van der Waals surface area contributed by atoms with Crippen LogP contribution in [0.15, 0.2) is 18.2 Å². The molecule has 1 heterocycles. The second-order valence-corrected chi connectivity index (χ2v) is 5.06. The summed E-state index contributed by atoms with van der Waals surface area (Å²) in [6.07, 6.45) is 0. The van der Waals surface area contributed by atoms with Crippen molar-refractivity contribution in [1.82, 2.24) is 4.98 Å². The lowest BCUT2D eigenvalue weighted by molar-refractivity contribution is 0.283. The van der Waals surface area contributed by atoms with Gasteiger partial charge in [-0.2, -0.15) is 0 Å². The summed E-state index contributed by atoms with van der Waals surface area (Å²) in [7, 11) is 0. The Kier molecular flexibility index (Phi) is 3.57. The predicted octanol–water partition coefficient (Wildman–Crippen LogP) is 4.16. The molecule has 0 saturated carbocycles. The summed E-state index contributed by atoms with van der Waals surface area (Å²) in [5.41, 5.74) is 2.40. The van der Waals surface area contributed by atoms with Crippen molar-refractivity contribution in [1.29, 1.82) is 0 Å². The standard InChI is InChI=1S/C13H13Cl2NO/c1-7(2)11-5-8(6-17)9-3-4-10(14)12(15)13(9)16-11/h3-5,7,17H,6H2,1-2H3. The topological polar surface area (TPSA) is 33.1 Å². The number of hydrogen-bond donors (Lipinski definition) is 1. The van der Waals surface area contributed by atoms with Gasteiger partial charge in [-0.25, -0.2) is 0 Å². The molecule has 0 atom stereocenters. The van der Waals surface area contributed by atoms with E-state index >= 15 is 0 Å². The van der Waals surface area contributed by atoms with Crippen molar-refractivity contribution in [2.24, 2.45) is 0 Å². The molecule has 1 aromatic heterocycles. The van der Waals surface area contributed by atoms with E-state index in [1.165, 1.54) is 0 Å². The summed E-state index contributed by atoms with van der Waals surface area (Å²) in [6.45, 7) is 4.07. The average Bonchev–Trinajstić information content (AvgIpc) is 2.32. The van der Waals surface area contributed by atoms with Gasteiger partial charge >= 0.3 is 0 Å². The smallest absolute Gasteiger partial charge is 0.0910 e. The molecule has 0 amide bonds. The van der Waals surface area contributed by atoms with Gasteiger partial charge in [0.25, 0.3) is 0 Å². The normalized spacial score (nSPS) is 11.4. The molecule has 0 aliphatic rings. The highest BCUT2D eigenvalue weighted by atomic mass is 35.5. The van der Waals surface area contributed by atoms with E-state index in [0.717, 1.165) is 16.6 Å². The Hall–Kier alpha value is -0.830. The van der Waals surface area contributed by atoms with Crippen molar-refractivity contribution < 1.29 is 5.11 Å². The molecule has 90 valence electrons. The molecule has 1 N–H and O–H groups in total. The zero-order valence-corrected chi connectivity index (χ0v) is 11.2. The minimum absolute atomic E-state index is 0.0311. The molecule has 0 spiro atoms. The van der Waals surface area contributed by atoms with E-state index in [1.54, 1.807) is 6.07 Å². The Morgan fingerprint density at radius 2 is 2.00 bits per heavy atom. The molecule has 0 aliphatic carbocycles. The lowest BCUT2D eigenvalue weighted by Crippen LogP contribution is -1.98. The number of benzene rings is 1. The van der Waals surface area contributed by atoms with Crippen molar-refractivity contribution in [2.75, 3.05) is 0 Å². The summed E-state index contributed by atoms with van der Waals surface area (Å²) < 4.78 is 0. The van der Waals surface area contributed by atoms with Gasteiger partial charge in [0.1, 0.15) is 0 Å². The fourth-order valence-electron chi connectivity index (χ4n) is 1.75. The molecule has 2 nitrogen and oxygen atoms in total. The summed E-state index contributed by atoms with van der Waals surface area (Å²) in [5, 5.41) is 11.2. The van der Waals surface area contributed by atoms with Gasteiger partial charge in [-0.1, -0.05) is 43.1 Å². The van der Waals surface area contributed by atoms with E-state index in [0.29, 0.717) is 15.6 Å². The Balaban J connectivity index is 2.83. The maximum Gasteiger partial charge on any atom is 0.0910 e. The Bertz CT molecular complexity index is 567. The summed E-state index contributed by atoms with van der Waals surface area (Å²) in [6, 6.07) is 5.48. The van der Waals surface area contributed by atoms with Crippen LogP contribution in [0.1, 0.15) is 31.0 Å². The first kappa shape index (κ1) is 12.6. The van der Waals surface area contributed by atoms with E-state index in [4.69, 9.17) is 23.2 Å². The van der Waals surface area contributed by atoms with Crippen LogP contribution >= 0.6 is 23.2 Å². The van der Waals surface area contributed by atoms with Gasteiger partial charge in [-0.05, 0) is 23.6 Å². The maximum atomic E-state index is 9.40. The van der Waals surface area contributed by atoms with Gasteiger partial charge in [0, 0.05) is 11.1 Å². The second-order valence-electron chi connectivity index (χ2n) is 4.28. The molecule has 0 bridgehead atoms. The third-order valence-corrected chi connectivity index (χ3v) is 3.53. The zero-order chi connectivity index (χ0) is 12.6. The van der Waals surface area contributed by atoms with Crippen LogP contribution in [0.4, 0.5) is 0 Å². The second kappa shape index (κ2) is 4.81. The number of pyridine rings is 1. The lowest BCUT2D eigenvalue weighted by Gasteiger charge is -2.11. The number of aromatic nitrogens is 1. The predicted molar refractivity (Wildman–Crippen MR) is 71.8 cm³/mol. The first-order chi connectivity index (χ1) is 8.04. The van der Waals surface area contributed by atoms with Crippen LogP contribution in [0.2, 0.25) is 10.0 Å². The maximum absolute atomic E-state index is 9.40. The summed E-state index contributed by atoms with van der Waals surface area (Å²) in [4.78, 5) is 4.52. The quantitative estimate of drug-likeness (QED) is 0.888. The molecule has 0 unspecified atom stereocenters. The molecule has 17 heavy (non-hydrogen) atoms. The molecule has 0 saturated heterocycles. The fraction of sp³-hybridized carbons (Fsp3) is 0.308. The third kappa shape index (κ3) is 2.25. The van der Waals surface area contributed by atoms with Crippen LogP contribution < -0.4 is 0 Å². The number of nitrogens with zero attached hydrogens (tertiary/aromatic N) is 1. The average molecular weight is 270 g/mol. The minimum atomic E-state index is -0.0311. The number of hydrogen-bond acceptors (Lipinski definition) is 2. The molecule has 2 aromatic rings. The van der Waals surface area contributed by atoms with Crippen molar-refractivity contribution >= 4 is 34.1 Å². The number of rotatable bonds is 2. The summed E-state index contributed by atoms with van der Waals surface area (Å²) >= 11 is 12.1. The van der Waals surface area contributed by atoms with Crippen molar-refractivity contribution in [3.8, 4) is 0 Å². The van der Waals surface area contributed by atoms with Crippen molar-refractivity contribution in [3.63, 3.8) is 0 Å². The summed E-state index contributed by atoms with van der Waals surface area (Å²) in [5.74, 6) is 0.278. The largest absolute Gasteiger partial charge is 0.392 e. The van der Waals surface area contributed by atoms with Crippen LogP contribution in [-0.2, 0) is 6.61 Å². The molecule has 2 rings (SSSR count). The SMILES string of the molecule is CC(C)c1cc(CO)c2ccc(Cl)c(Cl)c2n1. The van der Waals surface area contributed by atoms with Gasteiger partial charge in [0.2, 0.25) is 0 Å². The zero-order valence-electron chi connectivity index (χ0n) is 9.67. The Morgan fingerprint density at radius 3 is 2.59 bits per heavy atom. The van der Waals surface area contributed by atoms with Crippen LogP contribution in [0.5, 0.6) is 0 Å². The van der Waals surface area contributed by atoms with Crippen LogP contribution in [0, 0.1) is 0 Å². The molecule has 0 fully saturated rings. The molecular weight excluding hydrogens is 257 g/mol. The number of halogens is 2. The molecule has 1 aromatic carbocycles. The molecule has 0 aliphatic heterocycles. The van der Waals surface area contributed by atoms with Gasteiger partial charge in [-0.3, -0.25) is 4.98 Å². The van der Waals surface area contributed by atoms with Crippen LogP contribution in [0.3, 0.4) is 0 Å². The van der Waals surface area contributed by atoms with Gasteiger partial charge < -0.3 is 5.11 Å². The van der Waals surface area contributed by atoms with Crippen LogP contribution in [0.25, 0.3) is 10.9 Å². The van der Waals surface area contributed by atoms with Gasteiger partial charge in [-0.15, -0.1) is 0 Å². The van der Waals surface area contributed by atoms with E-state index in [-0.39, 0.29) is 12.5 Å². The van der Waals surface area contributed by atoms with Gasteiger partial charge in [0.05, 0.1) is 22.2 Å². The van der Waals surface area contributed by atoms with E-state index in [1.807, 2.05) is 26.0 Å².